The summed E-state index contributed by atoms with van der Waals surface area (Å²) in [6, 6.07) is 22.7. The number of para-hydroxylation sites is 1. The van der Waals surface area contributed by atoms with Gasteiger partial charge in [-0.3, -0.25) is 10.3 Å². The van der Waals surface area contributed by atoms with E-state index in [0.717, 1.165) is 28.8 Å². The van der Waals surface area contributed by atoms with Crippen molar-refractivity contribution in [2.24, 2.45) is 4.99 Å². The maximum Gasteiger partial charge on any atom is 0.162 e. The minimum absolute atomic E-state index is 0.0786. The molecular weight excluding hydrogens is 384 g/mol. The molecule has 4 heteroatoms. The van der Waals surface area contributed by atoms with Crippen LogP contribution >= 0.6 is 0 Å². The molecule has 2 atom stereocenters. The maximum absolute atomic E-state index is 10.9. The van der Waals surface area contributed by atoms with Crippen LogP contribution < -0.4 is 10.1 Å². The zero-order chi connectivity index (χ0) is 21.8. The van der Waals surface area contributed by atoms with Crippen LogP contribution in [0.4, 0.5) is 0 Å². The van der Waals surface area contributed by atoms with Gasteiger partial charge in [0.15, 0.2) is 11.5 Å². The molecule has 4 nitrogen and oxygen atoms in total. The zero-order valence-corrected chi connectivity index (χ0v) is 18.4. The van der Waals surface area contributed by atoms with Gasteiger partial charge in [0.05, 0.1) is 6.61 Å². The van der Waals surface area contributed by atoms with Gasteiger partial charge >= 0.3 is 0 Å². The first kappa shape index (κ1) is 21.1. The first-order valence-electron chi connectivity index (χ1n) is 11.0. The molecule has 3 aromatic rings. The quantitative estimate of drug-likeness (QED) is 0.529. The van der Waals surface area contributed by atoms with Crippen molar-refractivity contribution in [3.8, 4) is 11.5 Å². The highest BCUT2D eigenvalue weighted by atomic mass is 16.5. The number of hydrogen-bond acceptors (Lipinski definition) is 4. The van der Waals surface area contributed by atoms with E-state index in [4.69, 9.17) is 9.73 Å². The molecule has 0 saturated heterocycles. The van der Waals surface area contributed by atoms with E-state index in [-0.39, 0.29) is 18.0 Å². The number of aromatic hydroxyl groups is 1. The van der Waals surface area contributed by atoms with E-state index < -0.39 is 0 Å². The second kappa shape index (κ2) is 9.36. The van der Waals surface area contributed by atoms with Crippen LogP contribution in [0.15, 0.2) is 71.7 Å². The van der Waals surface area contributed by atoms with Crippen molar-refractivity contribution in [3.05, 3.63) is 94.5 Å². The smallest absolute Gasteiger partial charge is 0.162 e. The Morgan fingerprint density at radius 2 is 1.74 bits per heavy atom. The second-order valence-corrected chi connectivity index (χ2v) is 7.99. The lowest BCUT2D eigenvalue weighted by atomic mass is 9.92. The Labute approximate surface area is 184 Å². The standard InChI is InChI=1S/C27H30N2O2/c1-4-19-11-15-20(16-12-19)23-17-24(22-7-6-8-25(26(22)30)31-5-2)29-27(28-23)21-13-9-18(3)10-14-21/h6-16,24,27,29-30H,4-5,17H2,1-3H3/t24-,27-/m1/s1. The van der Waals surface area contributed by atoms with Gasteiger partial charge in [-0.2, -0.15) is 0 Å². The van der Waals surface area contributed by atoms with Gasteiger partial charge in [-0.15, -0.1) is 0 Å². The summed E-state index contributed by atoms with van der Waals surface area (Å²) in [5.74, 6) is 0.720. The molecule has 0 saturated carbocycles. The molecule has 0 amide bonds. The monoisotopic (exact) mass is 414 g/mol. The van der Waals surface area contributed by atoms with E-state index in [1.165, 1.54) is 11.1 Å². The normalized spacial score (nSPS) is 18.5. The summed E-state index contributed by atoms with van der Waals surface area (Å²) in [5, 5.41) is 14.5. The van der Waals surface area contributed by atoms with E-state index in [2.05, 4.69) is 67.7 Å². The zero-order valence-electron chi connectivity index (χ0n) is 18.4. The van der Waals surface area contributed by atoms with Gasteiger partial charge in [-0.1, -0.05) is 73.2 Å². The SMILES string of the molecule is CCOc1cccc([C@H]2CC(c3ccc(CC)cc3)=N[C@@H](c3ccc(C)cc3)N2)c1O. The Balaban J connectivity index is 1.73. The van der Waals surface area contributed by atoms with Crippen molar-refractivity contribution in [3.63, 3.8) is 0 Å². The molecule has 1 aliphatic rings. The lowest BCUT2D eigenvalue weighted by Crippen LogP contribution is -2.33. The predicted octanol–water partition coefficient (Wildman–Crippen LogP) is 5.88. The van der Waals surface area contributed by atoms with Gasteiger partial charge < -0.3 is 9.84 Å². The third-order valence-electron chi connectivity index (χ3n) is 5.84. The fourth-order valence-electron chi connectivity index (χ4n) is 4.03. The van der Waals surface area contributed by atoms with Gasteiger partial charge in [-0.05, 0) is 43.0 Å². The molecule has 0 aliphatic carbocycles. The number of phenolic OH excluding ortho intramolecular Hbond substituents is 1. The predicted molar refractivity (Wildman–Crippen MR) is 126 cm³/mol. The van der Waals surface area contributed by atoms with E-state index in [1.54, 1.807) is 6.07 Å². The van der Waals surface area contributed by atoms with Crippen molar-refractivity contribution in [2.75, 3.05) is 6.61 Å². The third-order valence-corrected chi connectivity index (χ3v) is 5.84. The first-order chi connectivity index (χ1) is 15.1. The first-order valence-corrected chi connectivity index (χ1v) is 11.0. The second-order valence-electron chi connectivity index (χ2n) is 7.99. The number of nitrogens with one attached hydrogen (secondary N) is 1. The van der Waals surface area contributed by atoms with Crippen molar-refractivity contribution >= 4 is 5.71 Å². The Morgan fingerprint density at radius 1 is 1.00 bits per heavy atom. The molecule has 0 bridgehead atoms. The van der Waals surface area contributed by atoms with Gasteiger partial charge in [-0.25, -0.2) is 0 Å². The number of nitrogens with zero attached hydrogens (tertiary/aromatic N) is 1. The number of rotatable bonds is 6. The topological polar surface area (TPSA) is 53.8 Å². The molecule has 3 aromatic carbocycles. The highest BCUT2D eigenvalue weighted by Gasteiger charge is 2.28. The fraction of sp³-hybridized carbons (Fsp3) is 0.296. The van der Waals surface area contributed by atoms with Crippen LogP contribution in [0.3, 0.4) is 0 Å². The van der Waals surface area contributed by atoms with E-state index >= 15 is 0 Å². The van der Waals surface area contributed by atoms with E-state index in [1.807, 2.05) is 19.1 Å². The molecule has 2 N–H and O–H groups in total. The highest BCUT2D eigenvalue weighted by molar-refractivity contribution is 6.01. The van der Waals surface area contributed by atoms with E-state index in [9.17, 15) is 5.11 Å². The average Bonchev–Trinajstić information content (AvgIpc) is 2.81. The lowest BCUT2D eigenvalue weighted by molar-refractivity contribution is 0.313. The Morgan fingerprint density at radius 3 is 2.42 bits per heavy atom. The molecule has 31 heavy (non-hydrogen) atoms. The largest absolute Gasteiger partial charge is 0.504 e. The Hall–Kier alpha value is -3.11. The number of ether oxygens (including phenoxy) is 1. The Bertz CT molecular complexity index is 1060. The van der Waals surface area contributed by atoms with Crippen LogP contribution in [-0.2, 0) is 6.42 Å². The molecule has 0 aromatic heterocycles. The maximum atomic E-state index is 10.9. The molecule has 0 radical (unpaired) electrons. The van der Waals surface area contributed by atoms with Crippen LogP contribution in [0.5, 0.6) is 11.5 Å². The van der Waals surface area contributed by atoms with Crippen molar-refractivity contribution in [2.45, 2.75) is 45.8 Å². The molecule has 4 rings (SSSR count). The molecule has 0 fully saturated rings. The van der Waals surface area contributed by atoms with Crippen molar-refractivity contribution in [1.29, 1.82) is 0 Å². The van der Waals surface area contributed by atoms with Gasteiger partial charge in [0.25, 0.3) is 0 Å². The van der Waals surface area contributed by atoms with Gasteiger partial charge in [0.2, 0.25) is 0 Å². The van der Waals surface area contributed by atoms with Crippen LogP contribution in [0, 0.1) is 6.92 Å². The van der Waals surface area contributed by atoms with Crippen LogP contribution in [0.1, 0.15) is 60.3 Å². The minimum Gasteiger partial charge on any atom is -0.504 e. The van der Waals surface area contributed by atoms with Gasteiger partial charge in [0, 0.05) is 23.7 Å². The minimum atomic E-state index is -0.185. The van der Waals surface area contributed by atoms with Gasteiger partial charge in [0.1, 0.15) is 6.17 Å². The number of benzene rings is 3. The summed E-state index contributed by atoms with van der Waals surface area (Å²) < 4.78 is 5.62. The van der Waals surface area contributed by atoms with Crippen molar-refractivity contribution < 1.29 is 9.84 Å². The number of aryl methyl sites for hydroxylation is 2. The summed E-state index contributed by atoms with van der Waals surface area (Å²) in [5.41, 5.74) is 6.64. The summed E-state index contributed by atoms with van der Waals surface area (Å²) in [6.45, 7) is 6.68. The number of hydrogen-bond donors (Lipinski definition) is 2. The van der Waals surface area contributed by atoms with Crippen molar-refractivity contribution in [1.82, 2.24) is 5.32 Å². The molecule has 160 valence electrons. The van der Waals surface area contributed by atoms with Crippen LogP contribution in [0.2, 0.25) is 0 Å². The summed E-state index contributed by atoms with van der Waals surface area (Å²) >= 11 is 0. The molecule has 0 unspecified atom stereocenters. The highest BCUT2D eigenvalue weighted by Crippen LogP contribution is 2.38. The molecule has 0 spiro atoms. The average molecular weight is 415 g/mol. The number of phenols is 1. The van der Waals surface area contributed by atoms with Crippen LogP contribution in [-0.4, -0.2) is 17.4 Å². The number of aliphatic imine (C=N–C) groups is 1. The molecular formula is C27H30N2O2. The summed E-state index contributed by atoms with van der Waals surface area (Å²) in [6.07, 6.45) is 1.52. The third kappa shape index (κ3) is 4.64. The summed E-state index contributed by atoms with van der Waals surface area (Å²) in [7, 11) is 0. The molecule has 1 aliphatic heterocycles. The van der Waals surface area contributed by atoms with Crippen LogP contribution in [0.25, 0.3) is 0 Å². The summed E-state index contributed by atoms with van der Waals surface area (Å²) in [4.78, 5) is 5.06. The fourth-order valence-corrected chi connectivity index (χ4v) is 4.03. The lowest BCUT2D eigenvalue weighted by Gasteiger charge is -2.31. The van der Waals surface area contributed by atoms with E-state index in [0.29, 0.717) is 18.8 Å². The molecule has 1 heterocycles. The Kier molecular flexibility index (Phi) is 6.38.